The van der Waals surface area contributed by atoms with Gasteiger partial charge in [-0.15, -0.1) is 0 Å². The summed E-state index contributed by atoms with van der Waals surface area (Å²) in [6.07, 6.45) is 2.13. The lowest BCUT2D eigenvalue weighted by molar-refractivity contribution is 0.639. The molecule has 5 rings (SSSR count). The minimum atomic E-state index is 0.0466. The molecule has 0 aliphatic rings. The van der Waals surface area contributed by atoms with Crippen LogP contribution in [0.5, 0.6) is 0 Å². The van der Waals surface area contributed by atoms with Gasteiger partial charge < -0.3 is 0 Å². The van der Waals surface area contributed by atoms with Crippen LogP contribution in [0.1, 0.15) is 220 Å². The first-order valence-electron chi connectivity index (χ1n) is 22.6. The van der Waals surface area contributed by atoms with Gasteiger partial charge in [0.05, 0.1) is 0 Å². The third-order valence-corrected chi connectivity index (χ3v) is 12.1. The summed E-state index contributed by atoms with van der Waals surface area (Å²) in [4.78, 5) is 0. The molecule has 5 aromatic carbocycles. The standard InChI is InChI=1S/C24H32.C21H28.C13H20/c1-7-23(21-13-9-19(10-14-21)17(3)4)24(8-2)22-15-11-20(12-16-22)18(5)6;1-15(2)17-7-11-19(12-8-17)21(5,6)20-13-9-18(10-14-20)16(3)4;1-9(2)12-6-7-13(10(3)4)11(5)8-12/h9-18H,7-8H2,1-6H3;7-16H,1-6H3;6-10H,1-5H3/b24-23+;;. The number of hydrogen-bond donors (Lipinski definition) is 0. The highest BCUT2D eigenvalue weighted by atomic mass is 14.3. The van der Waals surface area contributed by atoms with E-state index in [-0.39, 0.29) is 5.41 Å². The van der Waals surface area contributed by atoms with Crippen molar-refractivity contribution in [2.24, 2.45) is 0 Å². The second-order valence-electron chi connectivity index (χ2n) is 18.8. The zero-order valence-electron chi connectivity index (χ0n) is 39.8. The van der Waals surface area contributed by atoms with E-state index in [0.29, 0.717) is 35.5 Å². The van der Waals surface area contributed by atoms with Gasteiger partial charge in [0, 0.05) is 5.41 Å². The van der Waals surface area contributed by atoms with Gasteiger partial charge in [-0.2, -0.15) is 0 Å². The van der Waals surface area contributed by atoms with Gasteiger partial charge in [-0.1, -0.05) is 226 Å². The fourth-order valence-corrected chi connectivity index (χ4v) is 7.76. The van der Waals surface area contributed by atoms with Gasteiger partial charge in [0.2, 0.25) is 0 Å². The number of benzene rings is 5. The predicted octanol–water partition coefficient (Wildman–Crippen LogP) is 18.2. The summed E-state index contributed by atoms with van der Waals surface area (Å²) in [6.45, 7) is 38.3. The first-order valence-corrected chi connectivity index (χ1v) is 22.6. The molecular weight excluding hydrogens is 697 g/mol. The van der Waals surface area contributed by atoms with Crippen molar-refractivity contribution in [2.75, 3.05) is 0 Å². The Morgan fingerprint density at radius 2 is 0.655 bits per heavy atom. The van der Waals surface area contributed by atoms with Crippen LogP contribution in [0, 0.1) is 6.92 Å². The maximum Gasteiger partial charge on any atom is 0.0146 e. The molecule has 0 saturated heterocycles. The Hall–Kier alpha value is -4.16. The first-order chi connectivity index (χ1) is 27.3. The highest BCUT2D eigenvalue weighted by Crippen LogP contribution is 2.34. The fourth-order valence-electron chi connectivity index (χ4n) is 7.76. The van der Waals surface area contributed by atoms with Gasteiger partial charge in [-0.25, -0.2) is 0 Å². The van der Waals surface area contributed by atoms with Crippen LogP contribution in [0.4, 0.5) is 0 Å². The van der Waals surface area contributed by atoms with E-state index < -0.39 is 0 Å². The van der Waals surface area contributed by atoms with Crippen LogP contribution in [0.15, 0.2) is 115 Å². The average Bonchev–Trinajstić information content (AvgIpc) is 3.20. The van der Waals surface area contributed by atoms with Crippen molar-refractivity contribution in [3.05, 3.63) is 176 Å². The Morgan fingerprint density at radius 1 is 0.379 bits per heavy atom. The zero-order valence-corrected chi connectivity index (χ0v) is 39.8. The Labute approximate surface area is 357 Å². The summed E-state index contributed by atoms with van der Waals surface area (Å²) >= 11 is 0. The van der Waals surface area contributed by atoms with Crippen LogP contribution in [-0.2, 0) is 5.41 Å². The lowest BCUT2D eigenvalue weighted by atomic mass is 9.77. The monoisotopic (exact) mass is 777 g/mol. The van der Waals surface area contributed by atoms with Gasteiger partial charge in [0.25, 0.3) is 0 Å². The summed E-state index contributed by atoms with van der Waals surface area (Å²) in [6, 6.07) is 43.4. The normalized spacial score (nSPS) is 12.2. The third-order valence-electron chi connectivity index (χ3n) is 12.1. The van der Waals surface area contributed by atoms with Crippen molar-refractivity contribution in [1.29, 1.82) is 0 Å². The lowest BCUT2D eigenvalue weighted by Gasteiger charge is -2.27. The van der Waals surface area contributed by atoms with E-state index in [1.165, 1.54) is 72.3 Å². The average molecular weight is 777 g/mol. The molecule has 0 atom stereocenters. The molecule has 0 bridgehead atoms. The molecule has 0 amide bonds. The molecule has 0 aliphatic heterocycles. The topological polar surface area (TPSA) is 0 Å². The SMILES string of the molecule is CC(C)c1ccc(C(C)(C)c2ccc(C(C)C)cc2)cc1.CC/C(=C(/CC)c1ccc(C(C)C)cc1)c1ccc(C(C)C)cc1.Cc1cc(C(C)C)ccc1C(C)C. The Morgan fingerprint density at radius 3 is 0.897 bits per heavy atom. The van der Waals surface area contributed by atoms with Crippen LogP contribution in [0.25, 0.3) is 11.1 Å². The van der Waals surface area contributed by atoms with Crippen LogP contribution >= 0.6 is 0 Å². The number of allylic oxidation sites excluding steroid dienone is 2. The van der Waals surface area contributed by atoms with Gasteiger partial charge in [-0.05, 0) is 128 Å². The molecule has 312 valence electrons. The van der Waals surface area contributed by atoms with Gasteiger partial charge in [0.1, 0.15) is 0 Å². The molecule has 0 radical (unpaired) electrons. The van der Waals surface area contributed by atoms with Crippen LogP contribution in [0.3, 0.4) is 0 Å². The van der Waals surface area contributed by atoms with Crippen molar-refractivity contribution < 1.29 is 0 Å². The first kappa shape index (κ1) is 48.2. The third kappa shape index (κ3) is 13.2. The number of rotatable bonds is 12. The molecule has 0 saturated carbocycles. The number of aryl methyl sites for hydroxylation is 1. The van der Waals surface area contributed by atoms with Crippen molar-refractivity contribution in [1.82, 2.24) is 0 Å². The predicted molar refractivity (Wildman–Crippen MR) is 261 cm³/mol. The maximum absolute atomic E-state index is 2.32. The highest BCUT2D eigenvalue weighted by Gasteiger charge is 2.23. The molecule has 0 aromatic heterocycles. The van der Waals surface area contributed by atoms with Crippen molar-refractivity contribution in [3.8, 4) is 0 Å². The molecular formula is C58H80. The van der Waals surface area contributed by atoms with E-state index in [2.05, 4.69) is 233 Å². The number of hydrogen-bond acceptors (Lipinski definition) is 0. The van der Waals surface area contributed by atoms with E-state index in [1.807, 2.05) is 0 Å². The summed E-state index contributed by atoms with van der Waals surface area (Å²) in [5.41, 5.74) is 18.5. The fraction of sp³-hybridized carbons (Fsp3) is 0.448. The van der Waals surface area contributed by atoms with E-state index in [9.17, 15) is 0 Å². The molecule has 0 unspecified atom stereocenters. The molecule has 0 spiro atoms. The van der Waals surface area contributed by atoms with Crippen molar-refractivity contribution >= 4 is 11.1 Å². The van der Waals surface area contributed by atoms with Gasteiger partial charge in [-0.3, -0.25) is 0 Å². The Balaban J connectivity index is 0.000000243. The molecule has 5 aromatic rings. The molecule has 58 heavy (non-hydrogen) atoms. The summed E-state index contributed by atoms with van der Waals surface area (Å²) in [5.74, 6) is 3.63. The molecule has 0 heterocycles. The summed E-state index contributed by atoms with van der Waals surface area (Å²) in [5, 5.41) is 0. The minimum absolute atomic E-state index is 0.0466. The van der Waals surface area contributed by atoms with Crippen LogP contribution in [-0.4, -0.2) is 0 Å². The molecule has 0 N–H and O–H groups in total. The van der Waals surface area contributed by atoms with Crippen molar-refractivity contribution in [2.45, 2.75) is 171 Å². The zero-order chi connectivity index (χ0) is 43.3. The maximum atomic E-state index is 2.32. The van der Waals surface area contributed by atoms with Crippen LogP contribution < -0.4 is 0 Å². The second-order valence-corrected chi connectivity index (χ2v) is 18.8. The van der Waals surface area contributed by atoms with Gasteiger partial charge >= 0.3 is 0 Å². The smallest absolute Gasteiger partial charge is 0.0146 e. The second kappa shape index (κ2) is 22.3. The molecule has 0 nitrogen and oxygen atoms in total. The minimum Gasteiger partial charge on any atom is -0.0613 e. The van der Waals surface area contributed by atoms with Crippen LogP contribution in [0.2, 0.25) is 0 Å². The van der Waals surface area contributed by atoms with E-state index in [1.54, 1.807) is 0 Å². The molecule has 0 heteroatoms. The Bertz CT molecular complexity index is 1860. The molecule has 0 fully saturated rings. The van der Waals surface area contributed by atoms with E-state index in [0.717, 1.165) is 12.8 Å². The van der Waals surface area contributed by atoms with E-state index in [4.69, 9.17) is 0 Å². The quantitative estimate of drug-likeness (QED) is 0.111. The summed E-state index contributed by atoms with van der Waals surface area (Å²) < 4.78 is 0. The Kier molecular flexibility index (Phi) is 18.5. The largest absolute Gasteiger partial charge is 0.0613 e. The van der Waals surface area contributed by atoms with Crippen molar-refractivity contribution in [3.63, 3.8) is 0 Å². The summed E-state index contributed by atoms with van der Waals surface area (Å²) in [7, 11) is 0. The van der Waals surface area contributed by atoms with E-state index >= 15 is 0 Å². The highest BCUT2D eigenvalue weighted by molar-refractivity contribution is 5.90. The lowest BCUT2D eigenvalue weighted by Crippen LogP contribution is -2.19. The molecule has 0 aliphatic carbocycles. The van der Waals surface area contributed by atoms with Gasteiger partial charge in [0.15, 0.2) is 0 Å².